The van der Waals surface area contributed by atoms with Crippen LogP contribution in [0, 0.1) is 0 Å². The topological polar surface area (TPSA) is 55.1 Å². The Balaban J connectivity index is 2.79. The van der Waals surface area contributed by atoms with Crippen molar-refractivity contribution in [3.05, 3.63) is 35.9 Å². The SMILES string of the molecule is CCC(C)(C)NC(=O)C(CN)c1ccccc1. The third kappa shape index (κ3) is 3.86. The van der Waals surface area contributed by atoms with Gasteiger partial charge in [-0.25, -0.2) is 0 Å². The van der Waals surface area contributed by atoms with E-state index in [1.54, 1.807) is 0 Å². The summed E-state index contributed by atoms with van der Waals surface area (Å²) in [5.41, 5.74) is 6.50. The van der Waals surface area contributed by atoms with E-state index in [4.69, 9.17) is 5.73 Å². The summed E-state index contributed by atoms with van der Waals surface area (Å²) in [4.78, 5) is 12.2. The minimum atomic E-state index is -0.262. The summed E-state index contributed by atoms with van der Waals surface area (Å²) in [7, 11) is 0. The molecule has 1 aromatic carbocycles. The quantitative estimate of drug-likeness (QED) is 0.819. The van der Waals surface area contributed by atoms with E-state index in [2.05, 4.69) is 12.2 Å². The van der Waals surface area contributed by atoms with Crippen molar-refractivity contribution in [3.63, 3.8) is 0 Å². The summed E-state index contributed by atoms with van der Waals surface area (Å²) in [6.45, 7) is 6.42. The third-order valence-electron chi connectivity index (χ3n) is 3.10. The molecule has 0 aliphatic rings. The van der Waals surface area contributed by atoms with Gasteiger partial charge in [0.05, 0.1) is 5.92 Å². The van der Waals surface area contributed by atoms with Crippen LogP contribution in [0.3, 0.4) is 0 Å². The van der Waals surface area contributed by atoms with Gasteiger partial charge in [0.1, 0.15) is 0 Å². The highest BCUT2D eigenvalue weighted by Gasteiger charge is 2.24. The summed E-state index contributed by atoms with van der Waals surface area (Å²) in [5, 5.41) is 3.04. The molecule has 1 aromatic rings. The Kier molecular flexibility index (Phi) is 4.70. The van der Waals surface area contributed by atoms with E-state index in [0.717, 1.165) is 12.0 Å². The third-order valence-corrected chi connectivity index (χ3v) is 3.10. The maximum absolute atomic E-state index is 12.2. The number of nitrogens with two attached hydrogens (primary N) is 1. The number of hydrogen-bond donors (Lipinski definition) is 2. The summed E-state index contributed by atoms with van der Waals surface area (Å²) in [6.07, 6.45) is 0.894. The van der Waals surface area contributed by atoms with Gasteiger partial charge in [-0.05, 0) is 25.8 Å². The fourth-order valence-corrected chi connectivity index (χ4v) is 1.59. The maximum Gasteiger partial charge on any atom is 0.229 e. The molecule has 0 bridgehead atoms. The highest BCUT2D eigenvalue weighted by atomic mass is 16.2. The lowest BCUT2D eigenvalue weighted by Crippen LogP contribution is -2.46. The van der Waals surface area contributed by atoms with E-state index >= 15 is 0 Å². The van der Waals surface area contributed by atoms with Gasteiger partial charge < -0.3 is 11.1 Å². The Bertz CT molecular complexity index is 360. The van der Waals surface area contributed by atoms with Crippen molar-refractivity contribution in [1.29, 1.82) is 0 Å². The molecule has 0 aliphatic carbocycles. The predicted molar refractivity (Wildman–Crippen MR) is 70.8 cm³/mol. The molecule has 3 heteroatoms. The molecule has 0 fully saturated rings. The van der Waals surface area contributed by atoms with Crippen molar-refractivity contribution in [2.75, 3.05) is 6.54 Å². The summed E-state index contributed by atoms with van der Waals surface area (Å²) < 4.78 is 0. The second kappa shape index (κ2) is 5.82. The minimum absolute atomic E-state index is 0.00514. The number of carbonyl (C=O) groups is 1. The second-order valence-corrected chi connectivity index (χ2v) is 4.93. The van der Waals surface area contributed by atoms with Gasteiger partial charge in [0.15, 0.2) is 0 Å². The first-order valence-electron chi connectivity index (χ1n) is 6.07. The van der Waals surface area contributed by atoms with E-state index in [1.165, 1.54) is 0 Å². The van der Waals surface area contributed by atoms with Crippen LogP contribution in [-0.2, 0) is 4.79 Å². The molecule has 1 unspecified atom stereocenters. The van der Waals surface area contributed by atoms with Crippen LogP contribution in [0.4, 0.5) is 0 Å². The van der Waals surface area contributed by atoms with Gasteiger partial charge in [-0.3, -0.25) is 4.79 Å². The fraction of sp³-hybridized carbons (Fsp3) is 0.500. The van der Waals surface area contributed by atoms with Crippen LogP contribution in [0.5, 0.6) is 0 Å². The molecular formula is C14H22N2O. The first-order valence-corrected chi connectivity index (χ1v) is 6.07. The molecule has 0 saturated carbocycles. The number of benzene rings is 1. The molecule has 3 nitrogen and oxygen atoms in total. The molecule has 1 atom stereocenters. The molecule has 0 radical (unpaired) electrons. The summed E-state index contributed by atoms with van der Waals surface area (Å²) in [6, 6.07) is 9.67. The van der Waals surface area contributed by atoms with Gasteiger partial charge >= 0.3 is 0 Å². The molecule has 0 aromatic heterocycles. The van der Waals surface area contributed by atoms with Crippen LogP contribution in [0.2, 0.25) is 0 Å². The fourth-order valence-electron chi connectivity index (χ4n) is 1.59. The monoisotopic (exact) mass is 234 g/mol. The van der Waals surface area contributed by atoms with Gasteiger partial charge in [0.25, 0.3) is 0 Å². The van der Waals surface area contributed by atoms with Crippen molar-refractivity contribution >= 4 is 5.91 Å². The zero-order chi connectivity index (χ0) is 12.9. The highest BCUT2D eigenvalue weighted by Crippen LogP contribution is 2.16. The number of rotatable bonds is 5. The smallest absolute Gasteiger partial charge is 0.229 e. The van der Waals surface area contributed by atoms with Gasteiger partial charge in [-0.1, -0.05) is 37.3 Å². The average molecular weight is 234 g/mol. The molecule has 1 rings (SSSR count). The van der Waals surface area contributed by atoms with Crippen LogP contribution < -0.4 is 11.1 Å². The van der Waals surface area contributed by atoms with Crippen molar-refractivity contribution < 1.29 is 4.79 Å². The van der Waals surface area contributed by atoms with E-state index < -0.39 is 0 Å². The van der Waals surface area contributed by atoms with Crippen molar-refractivity contribution in [2.45, 2.75) is 38.6 Å². The number of carbonyl (C=O) groups excluding carboxylic acids is 1. The standard InChI is InChI=1S/C14H22N2O/c1-4-14(2,3)16-13(17)12(10-15)11-8-6-5-7-9-11/h5-9,12H,4,10,15H2,1-3H3,(H,16,17). The van der Waals surface area contributed by atoms with E-state index in [1.807, 2.05) is 44.2 Å². The molecule has 0 heterocycles. The van der Waals surface area contributed by atoms with Crippen LogP contribution in [0.15, 0.2) is 30.3 Å². The highest BCUT2D eigenvalue weighted by molar-refractivity contribution is 5.84. The van der Waals surface area contributed by atoms with Crippen molar-refractivity contribution in [1.82, 2.24) is 5.32 Å². The Morgan fingerprint density at radius 2 is 1.94 bits per heavy atom. The molecule has 1 amide bonds. The first-order chi connectivity index (χ1) is 8.00. The molecule has 94 valence electrons. The Labute approximate surface area is 103 Å². The number of hydrogen-bond acceptors (Lipinski definition) is 2. The molecular weight excluding hydrogens is 212 g/mol. The van der Waals surface area contributed by atoms with E-state index in [-0.39, 0.29) is 17.4 Å². The molecule has 17 heavy (non-hydrogen) atoms. The van der Waals surface area contributed by atoms with Gasteiger partial charge in [0, 0.05) is 12.1 Å². The Morgan fingerprint density at radius 3 is 2.41 bits per heavy atom. The largest absolute Gasteiger partial charge is 0.351 e. The van der Waals surface area contributed by atoms with Gasteiger partial charge in [0.2, 0.25) is 5.91 Å². The Morgan fingerprint density at radius 1 is 1.35 bits per heavy atom. The number of nitrogens with one attached hydrogen (secondary N) is 1. The molecule has 0 spiro atoms. The van der Waals surface area contributed by atoms with Crippen LogP contribution in [0.25, 0.3) is 0 Å². The lowest BCUT2D eigenvalue weighted by atomic mass is 9.95. The van der Waals surface area contributed by atoms with E-state index in [0.29, 0.717) is 6.54 Å². The zero-order valence-corrected chi connectivity index (χ0v) is 10.9. The van der Waals surface area contributed by atoms with Crippen LogP contribution in [0.1, 0.15) is 38.7 Å². The lowest BCUT2D eigenvalue weighted by molar-refractivity contribution is -0.124. The van der Waals surface area contributed by atoms with E-state index in [9.17, 15) is 4.79 Å². The first kappa shape index (κ1) is 13.7. The maximum atomic E-state index is 12.2. The van der Waals surface area contributed by atoms with Crippen LogP contribution >= 0.6 is 0 Å². The molecule has 0 aliphatic heterocycles. The van der Waals surface area contributed by atoms with Gasteiger partial charge in [-0.15, -0.1) is 0 Å². The Hall–Kier alpha value is -1.35. The van der Waals surface area contributed by atoms with Crippen molar-refractivity contribution in [3.8, 4) is 0 Å². The van der Waals surface area contributed by atoms with Crippen molar-refractivity contribution in [2.24, 2.45) is 5.73 Å². The van der Waals surface area contributed by atoms with Crippen LogP contribution in [-0.4, -0.2) is 18.0 Å². The molecule has 3 N–H and O–H groups in total. The summed E-state index contributed by atoms with van der Waals surface area (Å²) >= 11 is 0. The minimum Gasteiger partial charge on any atom is -0.351 e. The predicted octanol–water partition coefficient (Wildman–Crippen LogP) is 2.03. The lowest BCUT2D eigenvalue weighted by Gasteiger charge is -2.27. The second-order valence-electron chi connectivity index (χ2n) is 4.93. The summed E-state index contributed by atoms with van der Waals surface area (Å²) in [5.74, 6) is -0.257. The molecule has 0 saturated heterocycles. The zero-order valence-electron chi connectivity index (χ0n) is 10.9. The number of amides is 1. The van der Waals surface area contributed by atoms with Gasteiger partial charge in [-0.2, -0.15) is 0 Å². The average Bonchev–Trinajstić information content (AvgIpc) is 2.31. The normalized spacial score (nSPS) is 13.2.